The van der Waals surface area contributed by atoms with Crippen molar-refractivity contribution in [1.82, 2.24) is 15.5 Å². The van der Waals surface area contributed by atoms with Crippen LogP contribution in [0.15, 0.2) is 60.7 Å². The average molecular weight is 579 g/mol. The van der Waals surface area contributed by atoms with Gasteiger partial charge in [0.25, 0.3) is 0 Å². The predicted molar refractivity (Wildman–Crippen MR) is 170 cm³/mol. The van der Waals surface area contributed by atoms with E-state index in [1.165, 1.54) is 18.4 Å². The molecule has 2 aliphatic rings. The van der Waals surface area contributed by atoms with Gasteiger partial charge in [0, 0.05) is 31.2 Å². The summed E-state index contributed by atoms with van der Waals surface area (Å²) < 4.78 is 18.4. The Labute approximate surface area is 253 Å². The monoisotopic (exact) mass is 578 g/mol. The minimum absolute atomic E-state index is 0.0469. The first-order valence-corrected chi connectivity index (χ1v) is 15.1. The molecule has 1 heterocycles. The highest BCUT2D eigenvalue weighted by molar-refractivity contribution is 5.73. The van der Waals surface area contributed by atoms with Crippen LogP contribution in [0.5, 0.6) is 5.75 Å². The zero-order chi connectivity index (χ0) is 31.1. The smallest absolute Gasteiger partial charge is 0.315 e. The summed E-state index contributed by atoms with van der Waals surface area (Å²) in [5.74, 6) is 1.36. The molecule has 1 aliphatic carbocycles. The van der Waals surface area contributed by atoms with Crippen molar-refractivity contribution in [3.63, 3.8) is 0 Å². The van der Waals surface area contributed by atoms with Crippen LogP contribution in [0.2, 0.25) is 0 Å². The Morgan fingerprint density at radius 1 is 1.05 bits per heavy atom. The third kappa shape index (κ3) is 14.5. The Bertz CT molecular complexity index is 1130. The van der Waals surface area contributed by atoms with Gasteiger partial charge in [-0.05, 0) is 73.7 Å². The Morgan fingerprint density at radius 3 is 2.02 bits per heavy atom. The highest BCUT2D eigenvalue weighted by Crippen LogP contribution is 2.29. The number of benzene rings is 2. The number of nitriles is 1. The minimum Gasteiger partial charge on any atom is -0.493 e. The molecule has 2 amide bonds. The van der Waals surface area contributed by atoms with Gasteiger partial charge in [-0.3, -0.25) is 4.90 Å². The number of carbonyl (C=O) groups excluding carboxylic acids is 1. The largest absolute Gasteiger partial charge is 0.493 e. The summed E-state index contributed by atoms with van der Waals surface area (Å²) in [5.41, 5.74) is 3.93. The average Bonchev–Trinajstić information content (AvgIpc) is 3.81. The molecule has 6 nitrogen and oxygen atoms in total. The predicted octanol–water partition coefficient (Wildman–Crippen LogP) is 7.72. The normalized spacial score (nSPS) is 16.6. The molecule has 2 fully saturated rings. The van der Waals surface area contributed by atoms with E-state index in [1.807, 2.05) is 82.3 Å². The summed E-state index contributed by atoms with van der Waals surface area (Å²) in [5, 5.41) is 14.0. The van der Waals surface area contributed by atoms with E-state index in [1.54, 1.807) is 0 Å². The third-order valence-electron chi connectivity index (χ3n) is 7.03. The molecule has 1 atom stereocenters. The van der Waals surface area contributed by atoms with Gasteiger partial charge in [-0.15, -0.1) is 0 Å². The molecule has 0 bridgehead atoms. The second-order valence-corrected chi connectivity index (χ2v) is 12.7. The molecular weight excluding hydrogens is 527 g/mol. The second kappa shape index (κ2) is 17.6. The van der Waals surface area contributed by atoms with Crippen molar-refractivity contribution in [2.45, 2.75) is 92.5 Å². The summed E-state index contributed by atoms with van der Waals surface area (Å²) in [4.78, 5) is 14.2. The Kier molecular flexibility index (Phi) is 14.6. The van der Waals surface area contributed by atoms with Crippen LogP contribution >= 0.6 is 0 Å². The summed E-state index contributed by atoms with van der Waals surface area (Å²) >= 11 is 0. The van der Waals surface area contributed by atoms with E-state index >= 15 is 0 Å². The number of nitrogens with one attached hydrogen (secondary N) is 2. The van der Waals surface area contributed by atoms with Crippen molar-refractivity contribution in [3.8, 4) is 11.8 Å². The van der Waals surface area contributed by atoms with Crippen LogP contribution < -0.4 is 15.4 Å². The summed E-state index contributed by atoms with van der Waals surface area (Å²) in [7, 11) is 0. The van der Waals surface area contributed by atoms with Crippen LogP contribution in [0.25, 0.3) is 0 Å². The number of ether oxygens (including phenoxy) is 1. The van der Waals surface area contributed by atoms with Crippen LogP contribution in [-0.4, -0.2) is 42.8 Å². The first-order chi connectivity index (χ1) is 19.9. The zero-order valence-corrected chi connectivity index (χ0v) is 26.5. The van der Waals surface area contributed by atoms with Crippen molar-refractivity contribution >= 4 is 6.03 Å². The maximum Gasteiger partial charge on any atom is 0.315 e. The second-order valence-electron chi connectivity index (χ2n) is 12.7. The molecule has 1 unspecified atom stereocenters. The number of halogens is 1. The molecule has 7 heteroatoms. The lowest BCUT2D eigenvalue weighted by molar-refractivity contribution is 0.132. The van der Waals surface area contributed by atoms with Gasteiger partial charge < -0.3 is 15.4 Å². The van der Waals surface area contributed by atoms with E-state index in [2.05, 4.69) is 36.0 Å². The number of rotatable bonds is 8. The Morgan fingerprint density at radius 2 is 1.60 bits per heavy atom. The number of aryl methyl sites for hydroxylation is 1. The molecule has 1 aliphatic heterocycles. The summed E-state index contributed by atoms with van der Waals surface area (Å²) in [6, 6.07) is 18.5. The van der Waals surface area contributed by atoms with E-state index in [9.17, 15) is 9.18 Å². The van der Waals surface area contributed by atoms with Crippen LogP contribution in [0, 0.1) is 29.6 Å². The number of nitrogens with zero attached hydrogens (tertiary/aromatic N) is 2. The van der Waals surface area contributed by atoms with Gasteiger partial charge in [0.2, 0.25) is 0 Å². The van der Waals surface area contributed by atoms with Crippen LogP contribution in [0.3, 0.4) is 0 Å². The molecule has 2 aromatic carbocycles. The van der Waals surface area contributed by atoms with E-state index in [4.69, 9.17) is 10.00 Å². The van der Waals surface area contributed by atoms with Gasteiger partial charge in [0.15, 0.2) is 0 Å². The van der Waals surface area contributed by atoms with Crippen molar-refractivity contribution in [1.29, 1.82) is 5.26 Å². The number of amides is 2. The van der Waals surface area contributed by atoms with Crippen molar-refractivity contribution in [3.05, 3.63) is 77.4 Å². The standard InChI is InChI=1S/C20H26N2O2.C8H14FN.C7H11N/c1-15(2)14-24-19-10-8-18(9-11-19)13-22-20(23)21-12-17-6-4-16(3)5-7-17;9-7-2-1-5-10(6-7)8-3-4-8;1-6(5-8)7(2,3)4/h4-11,15H,12-14H2,1-3H3,(H2,21,22,23);7-8H,1-6H2;1H2,2-4H3. The summed E-state index contributed by atoms with van der Waals surface area (Å²) in [6.07, 6.45) is 3.95. The number of piperidine rings is 1. The Hall–Kier alpha value is -3.37. The molecule has 2 aromatic rings. The first kappa shape index (κ1) is 34.8. The molecule has 0 aromatic heterocycles. The van der Waals surface area contributed by atoms with E-state index in [0.717, 1.165) is 42.3 Å². The van der Waals surface area contributed by atoms with Crippen molar-refractivity contribution in [2.24, 2.45) is 11.3 Å². The van der Waals surface area contributed by atoms with Gasteiger partial charge >= 0.3 is 6.03 Å². The van der Waals surface area contributed by atoms with Crippen LogP contribution in [-0.2, 0) is 13.1 Å². The fourth-order valence-corrected chi connectivity index (χ4v) is 3.99. The van der Waals surface area contributed by atoms with Gasteiger partial charge in [0.1, 0.15) is 11.9 Å². The number of urea groups is 1. The first-order valence-electron chi connectivity index (χ1n) is 15.1. The lowest BCUT2D eigenvalue weighted by Crippen LogP contribution is -2.37. The number of alkyl halides is 1. The molecule has 0 spiro atoms. The van der Waals surface area contributed by atoms with Gasteiger partial charge in [-0.2, -0.15) is 5.26 Å². The fourth-order valence-electron chi connectivity index (χ4n) is 3.99. The van der Waals surface area contributed by atoms with E-state index < -0.39 is 6.17 Å². The number of carbonyl (C=O) groups is 1. The Balaban J connectivity index is 0.000000278. The highest BCUT2D eigenvalue weighted by atomic mass is 19.1. The molecule has 230 valence electrons. The van der Waals surface area contributed by atoms with Gasteiger partial charge in [0.05, 0.1) is 12.7 Å². The number of likely N-dealkylation sites (tertiary alicyclic amines) is 1. The number of hydrogen-bond acceptors (Lipinski definition) is 4. The summed E-state index contributed by atoms with van der Waals surface area (Å²) in [6.45, 7) is 19.4. The fraction of sp³-hybridized carbons (Fsp3) is 0.543. The van der Waals surface area contributed by atoms with Crippen LogP contribution in [0.4, 0.5) is 9.18 Å². The number of hydrogen-bond donors (Lipinski definition) is 2. The molecule has 42 heavy (non-hydrogen) atoms. The molecule has 1 saturated heterocycles. The van der Waals surface area contributed by atoms with Crippen LogP contribution in [0.1, 0.15) is 77.0 Å². The molecule has 2 N–H and O–H groups in total. The van der Waals surface area contributed by atoms with E-state index in [0.29, 0.717) is 37.7 Å². The van der Waals surface area contributed by atoms with E-state index in [-0.39, 0.29) is 11.4 Å². The quantitative estimate of drug-likeness (QED) is 0.314. The minimum atomic E-state index is -0.533. The maximum atomic E-state index is 12.8. The lowest BCUT2D eigenvalue weighted by Gasteiger charge is -2.28. The maximum absolute atomic E-state index is 12.8. The topological polar surface area (TPSA) is 77.4 Å². The lowest BCUT2D eigenvalue weighted by atomic mass is 9.89. The SMILES string of the molecule is C=C(C#N)C(C)(C)C.Cc1ccc(CNC(=O)NCc2ccc(OCC(C)C)cc2)cc1.FC1CCCN(C2CC2)C1. The number of allylic oxidation sites excluding steroid dienone is 1. The molecule has 4 rings (SSSR count). The van der Waals surface area contributed by atoms with Crippen molar-refractivity contribution in [2.75, 3.05) is 19.7 Å². The zero-order valence-electron chi connectivity index (χ0n) is 26.5. The van der Waals surface area contributed by atoms with Gasteiger partial charge in [-0.25, -0.2) is 9.18 Å². The highest BCUT2D eigenvalue weighted by Gasteiger charge is 2.32. The third-order valence-corrected chi connectivity index (χ3v) is 7.03. The molecule has 0 radical (unpaired) electrons. The van der Waals surface area contributed by atoms with Crippen molar-refractivity contribution < 1.29 is 13.9 Å². The van der Waals surface area contributed by atoms with Gasteiger partial charge in [-0.1, -0.05) is 83.2 Å². The molecule has 1 saturated carbocycles. The molecular formula is C35H51FN4O2.